The number of aromatic nitrogens is 8. The lowest BCUT2D eigenvalue weighted by Gasteiger charge is -2.15. The van der Waals surface area contributed by atoms with E-state index in [0.29, 0.717) is 44.1 Å². The fraction of sp³-hybridized carbons (Fsp3) is 0. The Bertz CT molecular complexity index is 7830. The number of para-hydroxylation sites is 4. The van der Waals surface area contributed by atoms with Crippen LogP contribution in [0.5, 0.6) is 0 Å². The van der Waals surface area contributed by atoms with E-state index in [-0.39, 0.29) is 22.2 Å². The summed E-state index contributed by atoms with van der Waals surface area (Å²) in [5.41, 5.74) is 20.6. The molecule has 0 fully saturated rings. The summed E-state index contributed by atoms with van der Waals surface area (Å²) in [5, 5.41) is 13.6. The van der Waals surface area contributed by atoms with Gasteiger partial charge in [-0.3, -0.25) is 36.8 Å². The van der Waals surface area contributed by atoms with Crippen molar-refractivity contribution in [2.45, 2.75) is 0 Å². The Hall–Kier alpha value is -14.9. The van der Waals surface area contributed by atoms with Gasteiger partial charge in [-0.15, -0.1) is 0 Å². The zero-order chi connectivity index (χ0) is 71.3. The molecule has 12 nitrogen and oxygen atoms in total. The van der Waals surface area contributed by atoms with Crippen molar-refractivity contribution < 1.29 is 0 Å². The van der Waals surface area contributed by atoms with Gasteiger partial charge in [0.2, 0.25) is 0 Å². The van der Waals surface area contributed by atoms with Crippen molar-refractivity contribution in [1.29, 1.82) is 0 Å². The molecule has 0 atom stereocenters. The molecule has 0 aliphatic rings. The number of hydrogen-bond donors (Lipinski definition) is 0. The van der Waals surface area contributed by atoms with Crippen LogP contribution in [0.3, 0.4) is 0 Å². The van der Waals surface area contributed by atoms with Gasteiger partial charge in [0, 0.05) is 75.8 Å². The number of pyridine rings is 4. The molecule has 0 aliphatic heterocycles. The van der Waals surface area contributed by atoms with Crippen molar-refractivity contribution in [1.82, 2.24) is 37.5 Å². The molecule has 8 heterocycles. The zero-order valence-electron chi connectivity index (χ0n) is 57.2. The van der Waals surface area contributed by atoms with E-state index < -0.39 is 0 Å². The predicted molar refractivity (Wildman–Crippen MR) is 440 cm³/mol. The van der Waals surface area contributed by atoms with E-state index >= 15 is 0 Å². The average Bonchev–Trinajstić information content (AvgIpc) is 1.29. The van der Waals surface area contributed by atoms with Gasteiger partial charge in [-0.1, -0.05) is 237 Å². The van der Waals surface area contributed by atoms with Gasteiger partial charge in [0.25, 0.3) is 22.2 Å². The Morgan fingerprint density at radius 1 is 0.185 bits per heavy atom. The molecule has 8 aromatic heterocycles. The predicted octanol–water partition coefficient (Wildman–Crippen LogP) is 21.0. The third-order valence-corrected chi connectivity index (χ3v) is 22.5. The van der Waals surface area contributed by atoms with Gasteiger partial charge < -0.3 is 0 Å². The van der Waals surface area contributed by atoms with E-state index in [1.54, 1.807) is 17.6 Å². The van der Waals surface area contributed by atoms with E-state index in [1.165, 1.54) is 0 Å². The number of fused-ring (bicyclic) bond motifs is 16. The normalized spacial score (nSPS) is 12.2. The first-order valence-corrected chi connectivity index (χ1v) is 36.0. The van der Waals surface area contributed by atoms with Crippen molar-refractivity contribution in [2.24, 2.45) is 0 Å². The van der Waals surface area contributed by atoms with Crippen LogP contribution in [0.15, 0.2) is 335 Å². The van der Waals surface area contributed by atoms with E-state index in [9.17, 15) is 19.2 Å². The fourth-order valence-corrected chi connectivity index (χ4v) is 17.7. The van der Waals surface area contributed by atoms with E-state index in [4.69, 9.17) is 19.9 Å². The highest BCUT2D eigenvalue weighted by Gasteiger charge is 2.27. The van der Waals surface area contributed by atoms with Crippen LogP contribution in [0.4, 0.5) is 0 Å². The molecular formula is C96H52N8O4. The van der Waals surface area contributed by atoms with Crippen LogP contribution >= 0.6 is 0 Å². The van der Waals surface area contributed by atoms with Crippen LogP contribution in [-0.2, 0) is 0 Å². The Kier molecular flexibility index (Phi) is 12.3. The summed E-state index contributed by atoms with van der Waals surface area (Å²) in [5.74, 6) is 0. The van der Waals surface area contributed by atoms with Crippen molar-refractivity contribution >= 4 is 153 Å². The van der Waals surface area contributed by atoms with Crippen molar-refractivity contribution in [3.8, 4) is 66.8 Å². The maximum Gasteiger partial charge on any atom is 0.264 e. The minimum Gasteiger partial charge on any atom is -0.268 e. The first-order valence-electron chi connectivity index (χ1n) is 36.0. The molecule has 0 spiro atoms. The Labute approximate surface area is 610 Å². The lowest BCUT2D eigenvalue weighted by atomic mass is 9.90. The third-order valence-electron chi connectivity index (χ3n) is 22.5. The molecule has 0 unspecified atom stereocenters. The highest BCUT2D eigenvalue weighted by molar-refractivity contribution is 6.27. The lowest BCUT2D eigenvalue weighted by Crippen LogP contribution is -2.13. The number of hydrogen-bond acceptors (Lipinski definition) is 8. The molecule has 0 aliphatic carbocycles. The van der Waals surface area contributed by atoms with Crippen LogP contribution < -0.4 is 22.2 Å². The minimum absolute atomic E-state index is 0.0738. The van der Waals surface area contributed by atoms with E-state index in [2.05, 4.69) is 127 Å². The molecular weight excluding hydrogens is 1330 g/mol. The summed E-state index contributed by atoms with van der Waals surface area (Å²) in [6, 6.07) is 106. The van der Waals surface area contributed by atoms with Crippen molar-refractivity contribution in [3.05, 3.63) is 357 Å². The SMILES string of the molecule is O=c1c2ccc(-c3ccc4c(=O)n5c6ccccc6nc5c5cccc3c45)c3cccc(c32)c2nc3ccccc3n12.O=c1c2ccc(-c3ccc4c5c3cccc5c(=O)n3c5cc(-c6ccccc6)cc(-c6ccccc6)c5nc43)c3cccc(c32)c2nc3c(-c4ccccc4)cc(-c4ccccc4)cc3n12. The topological polar surface area (TPSA) is 137 Å². The van der Waals surface area contributed by atoms with Gasteiger partial charge in [0.15, 0.2) is 0 Å². The van der Waals surface area contributed by atoms with Crippen molar-refractivity contribution in [3.63, 3.8) is 0 Å². The van der Waals surface area contributed by atoms with Crippen molar-refractivity contribution in [2.75, 3.05) is 0 Å². The Morgan fingerprint density at radius 3 is 0.815 bits per heavy atom. The van der Waals surface area contributed by atoms with E-state index in [0.717, 1.165) is 176 Å². The van der Waals surface area contributed by atoms with E-state index in [1.807, 2.05) is 188 Å². The molecule has 16 aromatic carbocycles. The lowest BCUT2D eigenvalue weighted by molar-refractivity contribution is 1.19. The van der Waals surface area contributed by atoms with Crippen LogP contribution in [-0.4, -0.2) is 37.5 Å². The van der Waals surface area contributed by atoms with Gasteiger partial charge in [-0.05, 0) is 156 Å². The van der Waals surface area contributed by atoms with Gasteiger partial charge in [0.1, 0.15) is 22.6 Å². The smallest absolute Gasteiger partial charge is 0.264 e. The van der Waals surface area contributed by atoms with Crippen LogP contribution in [0, 0.1) is 0 Å². The number of imidazole rings is 4. The Morgan fingerprint density at radius 2 is 0.454 bits per heavy atom. The summed E-state index contributed by atoms with van der Waals surface area (Å²) in [7, 11) is 0. The second kappa shape index (κ2) is 22.3. The number of rotatable bonds is 6. The molecule has 0 bridgehead atoms. The monoisotopic (exact) mass is 1380 g/mol. The largest absolute Gasteiger partial charge is 0.268 e. The first kappa shape index (κ1) is 59.6. The molecule has 108 heavy (non-hydrogen) atoms. The van der Waals surface area contributed by atoms with Crippen LogP contribution in [0.2, 0.25) is 0 Å². The van der Waals surface area contributed by atoms with Crippen LogP contribution in [0.1, 0.15) is 0 Å². The molecule has 500 valence electrons. The van der Waals surface area contributed by atoms with Gasteiger partial charge in [-0.25, -0.2) is 19.9 Å². The molecule has 24 rings (SSSR count). The maximum absolute atomic E-state index is 15.0. The third kappa shape index (κ3) is 8.27. The summed E-state index contributed by atoms with van der Waals surface area (Å²) in [6.07, 6.45) is 0. The summed E-state index contributed by atoms with van der Waals surface area (Å²) in [4.78, 5) is 78.1. The molecule has 12 heteroatoms. The second-order valence-corrected chi connectivity index (χ2v) is 28.1. The van der Waals surface area contributed by atoms with Gasteiger partial charge in [-0.2, -0.15) is 0 Å². The summed E-state index contributed by atoms with van der Waals surface area (Å²) in [6.45, 7) is 0. The Balaban J connectivity index is 0.000000144. The highest BCUT2D eigenvalue weighted by atomic mass is 16.1. The zero-order valence-corrected chi connectivity index (χ0v) is 57.2. The summed E-state index contributed by atoms with van der Waals surface area (Å²) < 4.78 is 7.06. The molecule has 0 saturated carbocycles. The summed E-state index contributed by atoms with van der Waals surface area (Å²) >= 11 is 0. The fourth-order valence-electron chi connectivity index (χ4n) is 17.7. The number of nitrogens with zero attached hydrogens (tertiary/aromatic N) is 8. The van der Waals surface area contributed by atoms with Crippen LogP contribution in [0.25, 0.3) is 220 Å². The standard InChI is InChI=1S/C60H34N4O2.C36H18N4O2/c65-59-47-26-14-24-44-41(27-29-46(54(44)47)58-62-56-50(38-21-11-4-12-22-38)32-40(34-52(56)64(58)59)36-17-7-2-8-18-36)42-28-30-48-53-43(42)23-13-25-45(53)57-61-55-49(37-19-9-3-10-20-37)31-39(35-15-5-1-6-16-35)33-51(55)63(57)60(48)66;41-35-25-17-15-19(21-7-5-9-23(31(21)25)33-37-27-11-1-3-13-29(27)39(33)35)20-16-18-26-32-22(20)8-6-10-24(32)34-38-28-12-2-4-14-30(28)40(34)36(26)42/h1-34H;1-18H. The molecule has 24 aromatic rings. The maximum atomic E-state index is 15.0. The molecule has 0 saturated heterocycles. The van der Waals surface area contributed by atoms with Gasteiger partial charge >= 0.3 is 0 Å². The molecule has 0 radical (unpaired) electrons. The average molecular weight is 1380 g/mol. The highest BCUT2D eigenvalue weighted by Crippen LogP contribution is 2.46. The first-order chi connectivity index (χ1) is 53.3. The number of benzene rings is 16. The molecule has 0 amide bonds. The van der Waals surface area contributed by atoms with Gasteiger partial charge in [0.05, 0.1) is 44.1 Å². The minimum atomic E-state index is -0.112. The quantitative estimate of drug-likeness (QED) is 0.160. The molecule has 0 N–H and O–H groups in total. The second-order valence-electron chi connectivity index (χ2n) is 28.1.